The maximum absolute atomic E-state index is 13.0. The highest BCUT2D eigenvalue weighted by atomic mass is 32.1. The first-order valence-corrected chi connectivity index (χ1v) is 6.88. The molecule has 94 valence electrons. The van der Waals surface area contributed by atoms with E-state index in [1.807, 2.05) is 19.1 Å². The molecule has 0 N–H and O–H groups in total. The topological polar surface area (TPSA) is 29.0 Å². The highest BCUT2D eigenvalue weighted by Crippen LogP contribution is 2.37. The molecule has 0 spiro atoms. The summed E-state index contributed by atoms with van der Waals surface area (Å²) in [5.74, 6) is -0.185. The smallest absolute Gasteiger partial charge is 0.208 e. The maximum atomic E-state index is 13.0. The van der Waals surface area contributed by atoms with Crippen molar-refractivity contribution in [3.05, 3.63) is 40.7 Å². The van der Waals surface area contributed by atoms with Gasteiger partial charge in [-0.05, 0) is 37.5 Å². The molecule has 18 heavy (non-hydrogen) atoms. The van der Waals surface area contributed by atoms with Crippen LogP contribution < -0.4 is 4.90 Å². The fourth-order valence-corrected chi connectivity index (χ4v) is 3.19. The molecule has 1 saturated heterocycles. The molecule has 0 bridgehead atoms. The zero-order valence-electron chi connectivity index (χ0n) is 10.1. The van der Waals surface area contributed by atoms with E-state index in [0.29, 0.717) is 6.04 Å². The number of halogens is 1. The largest absolute Gasteiger partial charge is 0.340 e. The van der Waals surface area contributed by atoms with E-state index in [0.717, 1.165) is 35.1 Å². The third-order valence-corrected chi connectivity index (χ3v) is 4.14. The Morgan fingerprint density at radius 3 is 2.72 bits per heavy atom. The SMILES string of the molecule is Cc1nnc(N2CCC[C@@H]2c2ccc(F)cc2)s1. The Kier molecular flexibility index (Phi) is 2.99. The zero-order chi connectivity index (χ0) is 12.5. The molecule has 1 aromatic heterocycles. The summed E-state index contributed by atoms with van der Waals surface area (Å²) in [4.78, 5) is 2.28. The van der Waals surface area contributed by atoms with Crippen LogP contribution in [0.5, 0.6) is 0 Å². The van der Waals surface area contributed by atoms with Crippen molar-refractivity contribution >= 4 is 16.5 Å². The molecule has 1 aliphatic rings. The number of aromatic nitrogens is 2. The van der Waals surface area contributed by atoms with Crippen molar-refractivity contribution in [2.24, 2.45) is 0 Å². The normalized spacial score (nSPS) is 19.4. The van der Waals surface area contributed by atoms with Crippen LogP contribution in [0.4, 0.5) is 9.52 Å². The van der Waals surface area contributed by atoms with Crippen LogP contribution in [-0.4, -0.2) is 16.7 Å². The lowest BCUT2D eigenvalue weighted by Gasteiger charge is -2.23. The molecule has 1 fully saturated rings. The van der Waals surface area contributed by atoms with Crippen LogP contribution in [0, 0.1) is 12.7 Å². The van der Waals surface area contributed by atoms with Gasteiger partial charge in [0.1, 0.15) is 10.8 Å². The fourth-order valence-electron chi connectivity index (χ4n) is 2.43. The van der Waals surface area contributed by atoms with E-state index in [-0.39, 0.29) is 5.82 Å². The number of anilines is 1. The van der Waals surface area contributed by atoms with Gasteiger partial charge in [-0.3, -0.25) is 0 Å². The standard InChI is InChI=1S/C13H14FN3S/c1-9-15-16-13(18-9)17-8-2-3-12(17)10-4-6-11(14)7-5-10/h4-7,12H,2-3,8H2,1H3/t12-/m1/s1. The third kappa shape index (κ3) is 2.10. The Labute approximate surface area is 109 Å². The van der Waals surface area contributed by atoms with E-state index in [2.05, 4.69) is 15.1 Å². The predicted molar refractivity (Wildman–Crippen MR) is 70.4 cm³/mol. The molecule has 2 aromatic rings. The Morgan fingerprint density at radius 1 is 1.28 bits per heavy atom. The third-order valence-electron chi connectivity index (χ3n) is 3.27. The van der Waals surface area contributed by atoms with Gasteiger partial charge in [0.15, 0.2) is 0 Å². The average Bonchev–Trinajstić information content (AvgIpc) is 2.98. The van der Waals surface area contributed by atoms with Crippen LogP contribution in [0.3, 0.4) is 0 Å². The van der Waals surface area contributed by atoms with Crippen molar-refractivity contribution in [3.8, 4) is 0 Å². The first-order valence-electron chi connectivity index (χ1n) is 6.06. The van der Waals surface area contributed by atoms with Crippen molar-refractivity contribution in [1.29, 1.82) is 0 Å². The van der Waals surface area contributed by atoms with Crippen LogP contribution in [0.2, 0.25) is 0 Å². The second-order valence-corrected chi connectivity index (χ2v) is 5.67. The van der Waals surface area contributed by atoms with Gasteiger partial charge in [-0.25, -0.2) is 4.39 Å². The van der Waals surface area contributed by atoms with Gasteiger partial charge in [0.2, 0.25) is 5.13 Å². The summed E-state index contributed by atoms with van der Waals surface area (Å²) in [6, 6.07) is 7.09. The molecule has 1 aliphatic heterocycles. The minimum Gasteiger partial charge on any atom is -0.340 e. The van der Waals surface area contributed by atoms with Crippen molar-refractivity contribution in [3.63, 3.8) is 0 Å². The van der Waals surface area contributed by atoms with Gasteiger partial charge in [0.05, 0.1) is 6.04 Å². The van der Waals surface area contributed by atoms with E-state index in [1.165, 1.54) is 12.1 Å². The van der Waals surface area contributed by atoms with Crippen LogP contribution in [0.15, 0.2) is 24.3 Å². The van der Waals surface area contributed by atoms with Gasteiger partial charge < -0.3 is 4.90 Å². The summed E-state index contributed by atoms with van der Waals surface area (Å²) in [6.07, 6.45) is 2.23. The molecule has 3 rings (SSSR count). The van der Waals surface area contributed by atoms with Crippen LogP contribution in [-0.2, 0) is 0 Å². The summed E-state index contributed by atoms with van der Waals surface area (Å²) in [5.41, 5.74) is 1.15. The molecule has 0 saturated carbocycles. The lowest BCUT2D eigenvalue weighted by Crippen LogP contribution is -2.22. The van der Waals surface area contributed by atoms with Gasteiger partial charge in [-0.1, -0.05) is 23.5 Å². The molecule has 0 aliphatic carbocycles. The van der Waals surface area contributed by atoms with Gasteiger partial charge in [-0.15, -0.1) is 10.2 Å². The van der Waals surface area contributed by atoms with Crippen LogP contribution >= 0.6 is 11.3 Å². The summed E-state index contributed by atoms with van der Waals surface area (Å²) < 4.78 is 13.0. The molecular weight excluding hydrogens is 249 g/mol. The highest BCUT2D eigenvalue weighted by Gasteiger charge is 2.28. The highest BCUT2D eigenvalue weighted by molar-refractivity contribution is 7.15. The van der Waals surface area contributed by atoms with Crippen molar-refractivity contribution in [2.45, 2.75) is 25.8 Å². The minimum atomic E-state index is -0.185. The molecule has 2 heterocycles. The number of aryl methyl sites for hydroxylation is 1. The molecule has 1 atom stereocenters. The summed E-state index contributed by atoms with van der Waals surface area (Å²) in [7, 11) is 0. The number of benzene rings is 1. The Balaban J connectivity index is 1.89. The van der Waals surface area contributed by atoms with E-state index in [1.54, 1.807) is 11.3 Å². The van der Waals surface area contributed by atoms with Crippen molar-refractivity contribution in [2.75, 3.05) is 11.4 Å². The number of hydrogen-bond acceptors (Lipinski definition) is 4. The summed E-state index contributed by atoms with van der Waals surface area (Å²) in [6.45, 7) is 2.96. The second kappa shape index (κ2) is 4.65. The summed E-state index contributed by atoms with van der Waals surface area (Å²) in [5, 5.41) is 10.2. The molecular formula is C13H14FN3S. The average molecular weight is 263 g/mol. The van der Waals surface area contributed by atoms with Crippen molar-refractivity contribution in [1.82, 2.24) is 10.2 Å². The van der Waals surface area contributed by atoms with Crippen LogP contribution in [0.25, 0.3) is 0 Å². The van der Waals surface area contributed by atoms with Gasteiger partial charge in [0.25, 0.3) is 0 Å². The molecule has 1 aromatic carbocycles. The van der Waals surface area contributed by atoms with E-state index in [4.69, 9.17) is 0 Å². The van der Waals surface area contributed by atoms with Crippen LogP contribution in [0.1, 0.15) is 29.5 Å². The second-order valence-electron chi connectivity index (χ2n) is 4.51. The van der Waals surface area contributed by atoms with Gasteiger partial charge in [0, 0.05) is 6.54 Å². The Hall–Kier alpha value is -1.49. The quantitative estimate of drug-likeness (QED) is 0.832. The molecule has 0 amide bonds. The minimum absolute atomic E-state index is 0.185. The van der Waals surface area contributed by atoms with Crippen molar-refractivity contribution < 1.29 is 4.39 Å². The molecule has 5 heteroatoms. The monoisotopic (exact) mass is 263 g/mol. The predicted octanol–water partition coefficient (Wildman–Crippen LogP) is 3.33. The van der Waals surface area contributed by atoms with E-state index >= 15 is 0 Å². The van der Waals surface area contributed by atoms with Gasteiger partial charge in [-0.2, -0.15) is 0 Å². The fraction of sp³-hybridized carbons (Fsp3) is 0.385. The molecule has 0 unspecified atom stereocenters. The lowest BCUT2D eigenvalue weighted by molar-refractivity contribution is 0.624. The van der Waals surface area contributed by atoms with E-state index < -0.39 is 0 Å². The Morgan fingerprint density at radius 2 is 2.06 bits per heavy atom. The molecule has 0 radical (unpaired) electrons. The van der Waals surface area contributed by atoms with E-state index in [9.17, 15) is 4.39 Å². The summed E-state index contributed by atoms with van der Waals surface area (Å²) >= 11 is 1.62. The number of hydrogen-bond donors (Lipinski definition) is 0. The zero-order valence-corrected chi connectivity index (χ0v) is 11.0. The number of nitrogens with zero attached hydrogens (tertiary/aromatic N) is 3. The number of rotatable bonds is 2. The Bertz CT molecular complexity index is 537. The first-order chi connectivity index (χ1) is 8.74. The van der Waals surface area contributed by atoms with Gasteiger partial charge >= 0.3 is 0 Å². The maximum Gasteiger partial charge on any atom is 0.208 e. The molecule has 3 nitrogen and oxygen atoms in total. The lowest BCUT2D eigenvalue weighted by atomic mass is 10.1. The first kappa shape index (κ1) is 11.6.